The maximum atomic E-state index is 13.5. The van der Waals surface area contributed by atoms with E-state index in [0.717, 1.165) is 35.8 Å². The molecule has 0 radical (unpaired) electrons. The number of urea groups is 1. The monoisotopic (exact) mass is 512 g/mol. The second kappa shape index (κ2) is 12.0. The van der Waals surface area contributed by atoms with Crippen molar-refractivity contribution in [2.45, 2.75) is 65.5 Å². The first-order chi connectivity index (χ1) is 16.0. The fourth-order valence-electron chi connectivity index (χ4n) is 4.14. The van der Waals surface area contributed by atoms with Crippen molar-refractivity contribution in [2.24, 2.45) is 0 Å². The van der Waals surface area contributed by atoms with E-state index in [1.165, 1.54) is 0 Å². The van der Waals surface area contributed by atoms with Crippen molar-refractivity contribution in [1.82, 2.24) is 14.5 Å². The summed E-state index contributed by atoms with van der Waals surface area (Å²) >= 11 is 3.51. The van der Waals surface area contributed by atoms with Gasteiger partial charge in [0.1, 0.15) is 5.82 Å². The van der Waals surface area contributed by atoms with Crippen LogP contribution in [0.4, 0.5) is 10.5 Å². The number of anilines is 1. The Labute approximate surface area is 204 Å². The first-order valence-corrected chi connectivity index (χ1v) is 12.6. The Bertz CT molecular complexity index is 1140. The normalized spacial score (nSPS) is 12.0. The molecule has 1 unspecified atom stereocenters. The van der Waals surface area contributed by atoms with Crippen LogP contribution < -0.4 is 10.9 Å². The van der Waals surface area contributed by atoms with E-state index in [2.05, 4.69) is 28.2 Å². The van der Waals surface area contributed by atoms with Gasteiger partial charge in [0.25, 0.3) is 5.56 Å². The molecule has 2 aromatic carbocycles. The molecule has 1 atom stereocenters. The minimum atomic E-state index is -0.314. The lowest BCUT2D eigenvalue weighted by atomic mass is 10.1. The van der Waals surface area contributed by atoms with Gasteiger partial charge in [-0.2, -0.15) is 0 Å². The molecule has 2 amide bonds. The van der Waals surface area contributed by atoms with Gasteiger partial charge in [0.15, 0.2) is 0 Å². The van der Waals surface area contributed by atoms with Gasteiger partial charge in [0.2, 0.25) is 0 Å². The minimum absolute atomic E-state index is 0.0614. The van der Waals surface area contributed by atoms with E-state index < -0.39 is 0 Å². The summed E-state index contributed by atoms with van der Waals surface area (Å²) in [7, 11) is 0. The standard InChI is InChI=1S/C26H33BrN4O2/c1-4-7-8-13-18-31(26(33)29-22-17-12-10-15-20(22)27)23(5-2)24-28-21-16-11-9-14-19(21)25(32)30(24)6-3/h9-12,14-17,23H,4-8,13,18H2,1-3H3,(H,29,33). The third kappa shape index (κ3) is 5.82. The first kappa shape index (κ1) is 25.0. The van der Waals surface area contributed by atoms with Crippen molar-refractivity contribution < 1.29 is 4.79 Å². The van der Waals surface area contributed by atoms with Crippen molar-refractivity contribution in [3.63, 3.8) is 0 Å². The van der Waals surface area contributed by atoms with Gasteiger partial charge in [-0.15, -0.1) is 0 Å². The zero-order valence-corrected chi connectivity index (χ0v) is 21.3. The Hall–Kier alpha value is -2.67. The summed E-state index contributed by atoms with van der Waals surface area (Å²) in [5, 5.41) is 3.65. The van der Waals surface area contributed by atoms with Crippen molar-refractivity contribution in [3.05, 3.63) is 69.2 Å². The number of unbranched alkanes of at least 4 members (excludes halogenated alkanes) is 3. The summed E-state index contributed by atoms with van der Waals surface area (Å²) in [6.45, 7) is 7.25. The number of nitrogens with zero attached hydrogens (tertiary/aromatic N) is 3. The van der Waals surface area contributed by atoms with Crippen LogP contribution in [0.1, 0.15) is 64.7 Å². The summed E-state index contributed by atoms with van der Waals surface area (Å²) < 4.78 is 2.54. The van der Waals surface area contributed by atoms with Crippen LogP contribution in [0.3, 0.4) is 0 Å². The number of hydrogen-bond acceptors (Lipinski definition) is 3. The van der Waals surface area contributed by atoms with Crippen LogP contribution in [0.25, 0.3) is 10.9 Å². The number of aromatic nitrogens is 2. The molecule has 0 aliphatic heterocycles. The molecule has 176 valence electrons. The maximum absolute atomic E-state index is 13.5. The number of hydrogen-bond donors (Lipinski definition) is 1. The van der Waals surface area contributed by atoms with Gasteiger partial charge in [-0.25, -0.2) is 9.78 Å². The lowest BCUT2D eigenvalue weighted by molar-refractivity contribution is 0.178. The van der Waals surface area contributed by atoms with Gasteiger partial charge in [-0.3, -0.25) is 9.36 Å². The molecule has 0 bridgehead atoms. The van der Waals surface area contributed by atoms with Gasteiger partial charge in [0.05, 0.1) is 22.6 Å². The smallest absolute Gasteiger partial charge is 0.314 e. The SMILES string of the molecule is CCCCCCN(C(=O)Nc1ccccc1Br)C(CC)c1nc2ccccc2c(=O)n1CC. The van der Waals surface area contributed by atoms with E-state index >= 15 is 0 Å². The van der Waals surface area contributed by atoms with E-state index in [9.17, 15) is 9.59 Å². The average Bonchev–Trinajstić information content (AvgIpc) is 2.82. The van der Waals surface area contributed by atoms with Crippen molar-refractivity contribution in [3.8, 4) is 0 Å². The Morgan fingerprint density at radius 1 is 1.06 bits per heavy atom. The molecule has 7 heteroatoms. The highest BCUT2D eigenvalue weighted by molar-refractivity contribution is 9.10. The number of para-hydroxylation sites is 2. The number of amides is 2. The van der Waals surface area contributed by atoms with Gasteiger partial charge in [-0.05, 0) is 60.0 Å². The largest absolute Gasteiger partial charge is 0.322 e. The highest BCUT2D eigenvalue weighted by atomic mass is 79.9. The van der Waals surface area contributed by atoms with Crippen LogP contribution in [-0.4, -0.2) is 27.0 Å². The number of halogens is 1. The zero-order chi connectivity index (χ0) is 23.8. The van der Waals surface area contributed by atoms with Crippen LogP contribution in [0.2, 0.25) is 0 Å². The van der Waals surface area contributed by atoms with Crippen LogP contribution in [0, 0.1) is 0 Å². The second-order valence-electron chi connectivity index (χ2n) is 8.12. The molecule has 3 aromatic rings. The van der Waals surface area contributed by atoms with E-state index in [1.807, 2.05) is 67.3 Å². The molecule has 6 nitrogen and oxygen atoms in total. The molecular weight excluding hydrogens is 480 g/mol. The third-order valence-corrected chi connectivity index (χ3v) is 6.59. The molecule has 1 N–H and O–H groups in total. The topological polar surface area (TPSA) is 67.2 Å². The van der Waals surface area contributed by atoms with E-state index in [4.69, 9.17) is 4.98 Å². The van der Waals surface area contributed by atoms with Crippen molar-refractivity contribution in [1.29, 1.82) is 0 Å². The van der Waals surface area contributed by atoms with Crippen LogP contribution >= 0.6 is 15.9 Å². The average molecular weight is 513 g/mol. The van der Waals surface area contributed by atoms with E-state index in [1.54, 1.807) is 4.57 Å². The summed E-state index contributed by atoms with van der Waals surface area (Å²) in [5.74, 6) is 0.640. The number of nitrogens with one attached hydrogen (secondary N) is 1. The molecule has 0 saturated heterocycles. The molecule has 0 saturated carbocycles. The van der Waals surface area contributed by atoms with Gasteiger partial charge in [-0.1, -0.05) is 57.4 Å². The number of benzene rings is 2. The molecule has 33 heavy (non-hydrogen) atoms. The number of carbonyl (C=O) groups excluding carboxylic acids is 1. The van der Waals surface area contributed by atoms with E-state index in [0.29, 0.717) is 36.2 Å². The minimum Gasteiger partial charge on any atom is -0.314 e. The quantitative estimate of drug-likeness (QED) is 0.305. The molecular formula is C26H33BrN4O2. The summed E-state index contributed by atoms with van der Waals surface area (Å²) in [6.07, 6.45) is 4.86. The molecule has 0 aliphatic rings. The Morgan fingerprint density at radius 2 is 1.79 bits per heavy atom. The third-order valence-electron chi connectivity index (χ3n) is 5.90. The Balaban J connectivity index is 2.02. The lowest BCUT2D eigenvalue weighted by Crippen LogP contribution is -2.41. The zero-order valence-electron chi connectivity index (χ0n) is 19.7. The van der Waals surface area contributed by atoms with Crippen molar-refractivity contribution >= 4 is 38.6 Å². The molecule has 0 fully saturated rings. The van der Waals surface area contributed by atoms with Gasteiger partial charge < -0.3 is 10.2 Å². The molecule has 0 aliphatic carbocycles. The summed E-state index contributed by atoms with van der Waals surface area (Å²) in [6, 6.07) is 14.5. The van der Waals surface area contributed by atoms with Gasteiger partial charge in [0, 0.05) is 17.6 Å². The summed E-state index contributed by atoms with van der Waals surface area (Å²) in [4.78, 5) is 33.5. The molecule has 1 aromatic heterocycles. The van der Waals surface area contributed by atoms with Crippen LogP contribution in [-0.2, 0) is 6.54 Å². The number of rotatable bonds is 10. The van der Waals surface area contributed by atoms with Crippen LogP contribution in [0.15, 0.2) is 57.8 Å². The second-order valence-corrected chi connectivity index (χ2v) is 8.98. The fraction of sp³-hybridized carbons (Fsp3) is 0.423. The van der Waals surface area contributed by atoms with E-state index in [-0.39, 0.29) is 17.6 Å². The summed E-state index contributed by atoms with van der Waals surface area (Å²) in [5.41, 5.74) is 1.32. The number of fused-ring (bicyclic) bond motifs is 1. The molecule has 1 heterocycles. The highest BCUT2D eigenvalue weighted by Crippen LogP contribution is 2.27. The first-order valence-electron chi connectivity index (χ1n) is 11.8. The van der Waals surface area contributed by atoms with Gasteiger partial charge >= 0.3 is 6.03 Å². The van der Waals surface area contributed by atoms with Crippen LogP contribution in [0.5, 0.6) is 0 Å². The Kier molecular flexibility index (Phi) is 9.06. The Morgan fingerprint density at radius 3 is 2.48 bits per heavy atom. The van der Waals surface area contributed by atoms with Crippen molar-refractivity contribution in [2.75, 3.05) is 11.9 Å². The molecule has 0 spiro atoms. The lowest BCUT2D eigenvalue weighted by Gasteiger charge is -2.32. The maximum Gasteiger partial charge on any atom is 0.322 e. The fourth-order valence-corrected chi connectivity index (χ4v) is 4.53. The predicted molar refractivity (Wildman–Crippen MR) is 139 cm³/mol. The predicted octanol–water partition coefficient (Wildman–Crippen LogP) is 6.74. The molecule has 3 rings (SSSR count). The number of carbonyl (C=O) groups is 1. The highest BCUT2D eigenvalue weighted by Gasteiger charge is 2.28.